The van der Waals surface area contributed by atoms with E-state index in [1.54, 1.807) is 0 Å². The number of aromatic nitrogens is 1. The Morgan fingerprint density at radius 3 is 1.79 bits per heavy atom. The molecule has 2 aliphatic rings. The average molecular weight is 754 g/mol. The molecule has 0 unspecified atom stereocenters. The first-order chi connectivity index (χ1) is 26.9. The molecule has 0 spiro atoms. The van der Waals surface area contributed by atoms with Gasteiger partial charge in [-0.15, -0.1) is 0 Å². The molecular formula is C53H59N3O. The van der Waals surface area contributed by atoms with Gasteiger partial charge in [-0.05, 0) is 121 Å². The van der Waals surface area contributed by atoms with Crippen LogP contribution in [0.15, 0.2) is 121 Å². The van der Waals surface area contributed by atoms with Gasteiger partial charge in [0.05, 0.1) is 29.2 Å². The number of para-hydroxylation sites is 2. The number of benzene rings is 5. The Morgan fingerprint density at radius 1 is 0.596 bits per heavy atom. The van der Waals surface area contributed by atoms with E-state index in [0.29, 0.717) is 5.92 Å². The van der Waals surface area contributed by atoms with Gasteiger partial charge in [-0.2, -0.15) is 0 Å². The molecule has 8 rings (SSSR count). The maximum absolute atomic E-state index is 6.99. The first-order valence-electron chi connectivity index (χ1n) is 20.6. The van der Waals surface area contributed by atoms with Crippen molar-refractivity contribution in [1.29, 1.82) is 0 Å². The molecule has 0 bridgehead atoms. The van der Waals surface area contributed by atoms with Gasteiger partial charge in [0, 0.05) is 25.0 Å². The highest BCUT2D eigenvalue weighted by atomic mass is 16.5. The number of hydrogen-bond donors (Lipinski definition) is 0. The van der Waals surface area contributed by atoms with E-state index in [1.165, 1.54) is 55.9 Å². The third-order valence-electron chi connectivity index (χ3n) is 12.2. The number of nitrogens with zero attached hydrogens (tertiary/aromatic N) is 3. The van der Waals surface area contributed by atoms with Gasteiger partial charge in [0.15, 0.2) is 0 Å². The molecule has 0 N–H and O–H groups in total. The fourth-order valence-corrected chi connectivity index (χ4v) is 8.79. The smallest absolute Gasteiger partial charge is 0.129 e. The third-order valence-corrected chi connectivity index (χ3v) is 12.2. The zero-order valence-electron chi connectivity index (χ0n) is 36.1. The molecule has 1 aliphatic heterocycles. The number of rotatable bonds is 6. The molecule has 0 saturated carbocycles. The number of anilines is 3. The molecule has 0 amide bonds. The fraction of sp³-hybridized carbons (Fsp3) is 0.340. The van der Waals surface area contributed by atoms with Crippen LogP contribution < -0.4 is 14.5 Å². The summed E-state index contributed by atoms with van der Waals surface area (Å²) in [5, 5.41) is 0. The van der Waals surface area contributed by atoms with Crippen LogP contribution in [0.25, 0.3) is 11.1 Å². The van der Waals surface area contributed by atoms with Crippen molar-refractivity contribution in [1.82, 2.24) is 4.98 Å². The molecule has 0 radical (unpaired) electrons. The molecule has 0 fully saturated rings. The fourth-order valence-electron chi connectivity index (χ4n) is 8.79. The van der Waals surface area contributed by atoms with Gasteiger partial charge < -0.3 is 14.5 Å². The summed E-state index contributed by atoms with van der Waals surface area (Å²) < 4.78 is 6.99. The normalized spacial score (nSPS) is 14.8. The Labute approximate surface area is 341 Å². The van der Waals surface area contributed by atoms with Crippen LogP contribution in [0.4, 0.5) is 17.1 Å². The highest BCUT2D eigenvalue weighted by molar-refractivity contribution is 5.87. The van der Waals surface area contributed by atoms with Crippen molar-refractivity contribution >= 4 is 17.1 Å². The predicted octanol–water partition coefficient (Wildman–Crippen LogP) is 13.8. The lowest BCUT2D eigenvalue weighted by atomic mass is 9.68. The minimum absolute atomic E-state index is 0.00379. The number of hydrogen-bond acceptors (Lipinski definition) is 4. The van der Waals surface area contributed by atoms with Gasteiger partial charge in [-0.25, -0.2) is 0 Å². The van der Waals surface area contributed by atoms with E-state index < -0.39 is 5.41 Å². The number of ether oxygens (including phenoxy) is 1. The van der Waals surface area contributed by atoms with Crippen molar-refractivity contribution < 1.29 is 4.74 Å². The zero-order chi connectivity index (χ0) is 40.7. The summed E-state index contributed by atoms with van der Waals surface area (Å²) in [6.45, 7) is 26.0. The Kier molecular flexibility index (Phi) is 9.22. The molecule has 2 heterocycles. The SMILES string of the molecule is CC(C)c1cc(Oc2cccc(C3(c4cc(C(C)(C)C)ccn4)c4ccc(C(C)(C)C)cc4-c4cc(C(C)(C)C)ccc43)c2)cc(N2CN(C)c3ccccc32)c1. The summed E-state index contributed by atoms with van der Waals surface area (Å²) in [7, 11) is 2.16. The summed E-state index contributed by atoms with van der Waals surface area (Å²) in [6.07, 6.45) is 2.01. The Balaban J connectivity index is 1.33. The standard InChI is InChI=1S/C53H59N3O/c1-34(2)35-26-40(56-33-55(12)47-18-13-14-19-48(47)56)32-42(27-35)57-41-17-15-16-39(28-41)53(49-31-38(24-25-54-49)52(9,10)11)45-22-20-36(50(3,4)5)29-43(45)44-30-37(51(6,7)8)21-23-46(44)53/h13-32,34H,33H2,1-12H3. The van der Waals surface area contributed by atoms with E-state index in [4.69, 9.17) is 9.72 Å². The summed E-state index contributed by atoms with van der Waals surface area (Å²) >= 11 is 0. The summed E-state index contributed by atoms with van der Waals surface area (Å²) in [5.74, 6) is 1.97. The van der Waals surface area contributed by atoms with Crippen molar-refractivity contribution in [3.63, 3.8) is 0 Å². The van der Waals surface area contributed by atoms with Gasteiger partial charge in [-0.1, -0.05) is 137 Å². The molecule has 5 aromatic carbocycles. The van der Waals surface area contributed by atoms with Crippen LogP contribution in [-0.2, 0) is 21.7 Å². The predicted molar refractivity (Wildman–Crippen MR) is 240 cm³/mol. The highest BCUT2D eigenvalue weighted by Crippen LogP contribution is 2.57. The maximum Gasteiger partial charge on any atom is 0.129 e. The van der Waals surface area contributed by atoms with Crippen LogP contribution in [0, 0.1) is 0 Å². The van der Waals surface area contributed by atoms with Crippen LogP contribution in [0.2, 0.25) is 0 Å². The van der Waals surface area contributed by atoms with Crippen molar-refractivity contribution in [2.75, 3.05) is 23.5 Å². The van der Waals surface area contributed by atoms with E-state index >= 15 is 0 Å². The first kappa shape index (κ1) is 38.5. The monoisotopic (exact) mass is 753 g/mol. The van der Waals surface area contributed by atoms with Gasteiger partial charge in [0.1, 0.15) is 11.5 Å². The van der Waals surface area contributed by atoms with Crippen LogP contribution in [0.5, 0.6) is 11.5 Å². The molecule has 6 aromatic rings. The van der Waals surface area contributed by atoms with Crippen molar-refractivity contribution in [2.45, 2.75) is 104 Å². The second-order valence-electron chi connectivity index (χ2n) is 19.8. The molecule has 4 nitrogen and oxygen atoms in total. The molecule has 1 aliphatic carbocycles. The topological polar surface area (TPSA) is 28.6 Å². The van der Waals surface area contributed by atoms with Crippen LogP contribution in [0.3, 0.4) is 0 Å². The van der Waals surface area contributed by atoms with Crippen LogP contribution in [0.1, 0.15) is 127 Å². The van der Waals surface area contributed by atoms with E-state index in [1.807, 2.05) is 6.20 Å². The molecule has 0 atom stereocenters. The summed E-state index contributed by atoms with van der Waals surface area (Å²) in [6, 6.07) is 43.0. The van der Waals surface area contributed by atoms with E-state index in [2.05, 4.69) is 208 Å². The van der Waals surface area contributed by atoms with E-state index in [-0.39, 0.29) is 16.2 Å². The first-order valence-corrected chi connectivity index (χ1v) is 20.6. The Hall–Kier alpha value is -5.35. The van der Waals surface area contributed by atoms with Crippen LogP contribution in [-0.4, -0.2) is 18.7 Å². The van der Waals surface area contributed by atoms with Gasteiger partial charge in [-0.3, -0.25) is 4.98 Å². The molecule has 1 aromatic heterocycles. The van der Waals surface area contributed by atoms with Crippen LogP contribution >= 0.6 is 0 Å². The van der Waals surface area contributed by atoms with Gasteiger partial charge in [0.2, 0.25) is 0 Å². The minimum atomic E-state index is -0.674. The minimum Gasteiger partial charge on any atom is -0.457 e. The second kappa shape index (κ2) is 13.6. The lowest BCUT2D eigenvalue weighted by Crippen LogP contribution is -2.31. The molecule has 57 heavy (non-hydrogen) atoms. The largest absolute Gasteiger partial charge is 0.457 e. The quantitative estimate of drug-likeness (QED) is 0.169. The molecule has 0 saturated heterocycles. The maximum atomic E-state index is 6.99. The lowest BCUT2D eigenvalue weighted by Gasteiger charge is -2.34. The van der Waals surface area contributed by atoms with Gasteiger partial charge >= 0.3 is 0 Å². The summed E-state index contributed by atoms with van der Waals surface area (Å²) in [4.78, 5) is 9.99. The highest BCUT2D eigenvalue weighted by Gasteiger charge is 2.48. The van der Waals surface area contributed by atoms with Gasteiger partial charge in [0.25, 0.3) is 0 Å². The van der Waals surface area contributed by atoms with E-state index in [0.717, 1.165) is 35.1 Å². The number of fused-ring (bicyclic) bond motifs is 4. The lowest BCUT2D eigenvalue weighted by molar-refractivity contribution is 0.480. The summed E-state index contributed by atoms with van der Waals surface area (Å²) in [5.41, 5.74) is 15.2. The number of pyridine rings is 1. The molecular weight excluding hydrogens is 695 g/mol. The van der Waals surface area contributed by atoms with Crippen molar-refractivity contribution in [3.05, 3.63) is 166 Å². The molecule has 4 heteroatoms. The second-order valence-corrected chi connectivity index (χ2v) is 19.8. The Morgan fingerprint density at radius 2 is 1.19 bits per heavy atom. The zero-order valence-corrected chi connectivity index (χ0v) is 36.1. The average Bonchev–Trinajstić information content (AvgIpc) is 3.66. The Bertz CT molecular complexity index is 2430. The third kappa shape index (κ3) is 6.71. The van der Waals surface area contributed by atoms with Crippen molar-refractivity contribution in [2.24, 2.45) is 0 Å². The van der Waals surface area contributed by atoms with E-state index in [9.17, 15) is 0 Å². The van der Waals surface area contributed by atoms with Crippen molar-refractivity contribution in [3.8, 4) is 22.6 Å². The molecule has 292 valence electrons.